The number of hydrogen-bond acceptors (Lipinski definition) is 3. The zero-order valence-corrected chi connectivity index (χ0v) is 11.2. The number of aryl methyl sites for hydroxylation is 2. The summed E-state index contributed by atoms with van der Waals surface area (Å²) < 4.78 is 5.53. The van der Waals surface area contributed by atoms with Crippen LogP contribution in [0.25, 0.3) is 11.0 Å². The Morgan fingerprint density at radius 3 is 2.79 bits per heavy atom. The van der Waals surface area contributed by atoms with E-state index in [2.05, 4.69) is 0 Å². The van der Waals surface area contributed by atoms with Crippen LogP contribution in [0.3, 0.4) is 0 Å². The number of phenolic OH excluding ortho intramolecular Hbond substituents is 1. The van der Waals surface area contributed by atoms with Crippen LogP contribution in [0.5, 0.6) is 5.75 Å². The second kappa shape index (κ2) is 4.72. The molecule has 0 atom stereocenters. The third-order valence-electron chi connectivity index (χ3n) is 3.92. The lowest BCUT2D eigenvalue weighted by molar-refractivity contribution is 0.475. The Bertz CT molecular complexity index is 668. The van der Waals surface area contributed by atoms with Crippen molar-refractivity contribution < 1.29 is 9.52 Å². The first kappa shape index (κ1) is 12.3. The average Bonchev–Trinajstić information content (AvgIpc) is 3.19. The molecule has 0 radical (unpaired) electrons. The van der Waals surface area contributed by atoms with E-state index < -0.39 is 0 Å². The molecular weight excluding hydrogens is 238 g/mol. The Balaban J connectivity index is 2.01. The summed E-state index contributed by atoms with van der Waals surface area (Å²) in [5, 5.41) is 18.7. The van der Waals surface area contributed by atoms with Crippen molar-refractivity contribution in [1.29, 1.82) is 5.41 Å². The molecular formula is C16H19NO2. The number of aromatic hydroxyl groups is 1. The molecule has 0 spiro atoms. The molecule has 0 amide bonds. The number of hydrogen-bond donors (Lipinski definition) is 2. The van der Waals surface area contributed by atoms with Gasteiger partial charge in [-0.2, -0.15) is 0 Å². The highest BCUT2D eigenvalue weighted by atomic mass is 16.3. The van der Waals surface area contributed by atoms with Crippen molar-refractivity contribution in [3.8, 4) is 5.75 Å². The van der Waals surface area contributed by atoms with E-state index in [4.69, 9.17) is 9.83 Å². The van der Waals surface area contributed by atoms with Crippen molar-refractivity contribution in [3.63, 3.8) is 0 Å². The van der Waals surface area contributed by atoms with Gasteiger partial charge in [-0.05, 0) is 48.9 Å². The molecule has 1 aromatic carbocycles. The number of phenols is 1. The molecule has 1 heterocycles. The Morgan fingerprint density at radius 2 is 2.11 bits per heavy atom. The highest BCUT2D eigenvalue weighted by Gasteiger charge is 2.20. The molecule has 0 saturated heterocycles. The lowest BCUT2D eigenvalue weighted by atomic mass is 10.0. The zero-order valence-electron chi connectivity index (χ0n) is 11.2. The van der Waals surface area contributed by atoms with Gasteiger partial charge in [0.15, 0.2) is 0 Å². The summed E-state index contributed by atoms with van der Waals surface area (Å²) in [5.41, 5.74) is 2.75. The molecule has 1 aliphatic carbocycles. The Kier molecular flexibility index (Phi) is 3.05. The van der Waals surface area contributed by atoms with E-state index in [1.165, 1.54) is 19.3 Å². The van der Waals surface area contributed by atoms with Crippen molar-refractivity contribution in [2.45, 2.75) is 39.0 Å². The van der Waals surface area contributed by atoms with Gasteiger partial charge in [-0.3, -0.25) is 5.41 Å². The van der Waals surface area contributed by atoms with Gasteiger partial charge in [0.25, 0.3) is 0 Å². The topological polar surface area (TPSA) is 57.2 Å². The molecule has 2 N–H and O–H groups in total. The molecule has 3 nitrogen and oxygen atoms in total. The van der Waals surface area contributed by atoms with Crippen LogP contribution >= 0.6 is 0 Å². The number of fused-ring (bicyclic) bond motifs is 1. The fourth-order valence-corrected chi connectivity index (χ4v) is 2.50. The van der Waals surface area contributed by atoms with Crippen molar-refractivity contribution in [2.75, 3.05) is 0 Å². The van der Waals surface area contributed by atoms with Crippen LogP contribution in [0, 0.1) is 11.3 Å². The molecule has 1 aliphatic rings. The maximum absolute atomic E-state index is 10.1. The van der Waals surface area contributed by atoms with E-state index >= 15 is 0 Å². The molecule has 3 heteroatoms. The van der Waals surface area contributed by atoms with E-state index in [-0.39, 0.29) is 11.3 Å². The number of nitrogens with one attached hydrogen (secondary N) is 1. The highest BCUT2D eigenvalue weighted by molar-refractivity contribution is 5.84. The summed E-state index contributed by atoms with van der Waals surface area (Å²) in [6.45, 7) is 1.98. The molecule has 0 unspecified atom stereocenters. The van der Waals surface area contributed by atoms with Crippen LogP contribution in [0.1, 0.15) is 37.3 Å². The summed E-state index contributed by atoms with van der Waals surface area (Å²) in [4.78, 5) is 0. The summed E-state index contributed by atoms with van der Waals surface area (Å²) in [5.74, 6) is 1.14. The first-order valence-corrected chi connectivity index (χ1v) is 7.00. The fourth-order valence-electron chi connectivity index (χ4n) is 2.50. The van der Waals surface area contributed by atoms with E-state index in [1.54, 1.807) is 0 Å². The van der Waals surface area contributed by atoms with Gasteiger partial charge < -0.3 is 9.52 Å². The van der Waals surface area contributed by atoms with Gasteiger partial charge in [0.1, 0.15) is 11.3 Å². The highest BCUT2D eigenvalue weighted by Crippen LogP contribution is 2.34. The van der Waals surface area contributed by atoms with E-state index in [1.807, 2.05) is 25.1 Å². The fraction of sp³-hybridized carbons (Fsp3) is 0.438. The second-order valence-electron chi connectivity index (χ2n) is 5.46. The Hall–Kier alpha value is -1.77. The molecule has 2 aromatic rings. The standard InChI is InChI=1S/C16H19NO2/c1-2-12-9-13-14(18)7-11(6-5-10-3-4-10)8-15(13)19-16(12)17/h7-10,17-18H,2-6H2,1H3. The van der Waals surface area contributed by atoms with Gasteiger partial charge >= 0.3 is 0 Å². The zero-order chi connectivity index (χ0) is 13.4. The van der Waals surface area contributed by atoms with Crippen LogP contribution in [-0.2, 0) is 12.8 Å². The van der Waals surface area contributed by atoms with Gasteiger partial charge in [0.05, 0.1) is 5.39 Å². The average molecular weight is 257 g/mol. The molecule has 19 heavy (non-hydrogen) atoms. The molecule has 1 fully saturated rings. The summed E-state index contributed by atoms with van der Waals surface area (Å²) in [6, 6.07) is 5.67. The monoisotopic (exact) mass is 257 g/mol. The SMILES string of the molecule is CCc1cc2c(O)cc(CCC3CC3)cc2oc1=N. The minimum Gasteiger partial charge on any atom is -0.507 e. The molecule has 100 valence electrons. The molecule has 1 aromatic heterocycles. The summed E-state index contributed by atoms with van der Waals surface area (Å²) in [7, 11) is 0. The van der Waals surface area contributed by atoms with E-state index in [0.29, 0.717) is 11.0 Å². The third-order valence-corrected chi connectivity index (χ3v) is 3.92. The first-order valence-electron chi connectivity index (χ1n) is 7.00. The quantitative estimate of drug-likeness (QED) is 0.880. The van der Waals surface area contributed by atoms with Crippen LogP contribution in [0.4, 0.5) is 0 Å². The molecule has 0 aliphatic heterocycles. The van der Waals surface area contributed by atoms with E-state index in [9.17, 15) is 5.11 Å². The predicted octanol–water partition coefficient (Wildman–Crippen LogP) is 3.52. The van der Waals surface area contributed by atoms with Crippen molar-refractivity contribution >= 4 is 11.0 Å². The van der Waals surface area contributed by atoms with Gasteiger partial charge in [-0.15, -0.1) is 0 Å². The minimum absolute atomic E-state index is 0.203. The van der Waals surface area contributed by atoms with Crippen molar-refractivity contribution in [2.24, 2.45) is 5.92 Å². The minimum atomic E-state index is 0.203. The van der Waals surface area contributed by atoms with Crippen LogP contribution in [0.15, 0.2) is 22.6 Å². The lowest BCUT2D eigenvalue weighted by Gasteiger charge is -2.07. The third kappa shape index (κ3) is 2.50. The van der Waals surface area contributed by atoms with Gasteiger partial charge in [-0.1, -0.05) is 19.8 Å². The summed E-state index contributed by atoms with van der Waals surface area (Å²) in [6.07, 6.45) is 5.60. The number of rotatable bonds is 4. The Morgan fingerprint density at radius 1 is 1.32 bits per heavy atom. The van der Waals surface area contributed by atoms with Crippen LogP contribution in [-0.4, -0.2) is 5.11 Å². The van der Waals surface area contributed by atoms with Crippen LogP contribution < -0.4 is 5.55 Å². The maximum Gasteiger partial charge on any atom is 0.215 e. The van der Waals surface area contributed by atoms with Gasteiger partial charge in [0, 0.05) is 5.56 Å². The lowest BCUT2D eigenvalue weighted by Crippen LogP contribution is -2.06. The first-order chi connectivity index (χ1) is 9.17. The van der Waals surface area contributed by atoms with Crippen molar-refractivity contribution in [1.82, 2.24) is 0 Å². The normalized spacial score (nSPS) is 15.0. The van der Waals surface area contributed by atoms with Crippen molar-refractivity contribution in [3.05, 3.63) is 34.9 Å². The maximum atomic E-state index is 10.1. The Labute approximate surface area is 112 Å². The predicted molar refractivity (Wildman–Crippen MR) is 74.2 cm³/mol. The van der Waals surface area contributed by atoms with Crippen LogP contribution in [0.2, 0.25) is 0 Å². The van der Waals surface area contributed by atoms with E-state index in [0.717, 1.165) is 29.9 Å². The second-order valence-corrected chi connectivity index (χ2v) is 5.46. The molecule has 3 rings (SSSR count). The smallest absolute Gasteiger partial charge is 0.215 e. The molecule has 1 saturated carbocycles. The molecule has 0 bridgehead atoms. The van der Waals surface area contributed by atoms with Gasteiger partial charge in [-0.25, -0.2) is 0 Å². The number of benzene rings is 1. The summed E-state index contributed by atoms with van der Waals surface area (Å²) >= 11 is 0. The largest absolute Gasteiger partial charge is 0.507 e. The van der Waals surface area contributed by atoms with Gasteiger partial charge in [0.2, 0.25) is 5.55 Å².